The van der Waals surface area contributed by atoms with Crippen LogP contribution in [0.4, 0.5) is 11.4 Å². The molecule has 0 spiro atoms. The zero-order valence-corrected chi connectivity index (χ0v) is 22.9. The Morgan fingerprint density at radius 3 is 2.35 bits per heavy atom. The number of aromatic nitrogens is 1. The molecule has 8 heteroatoms. The van der Waals surface area contributed by atoms with Gasteiger partial charge in [-0.05, 0) is 73.7 Å². The first-order valence-corrected chi connectivity index (χ1v) is 13.6. The van der Waals surface area contributed by atoms with Crippen LogP contribution in [0.5, 0.6) is 5.75 Å². The minimum atomic E-state index is 0.254. The Hall–Kier alpha value is -3.36. The Morgan fingerprint density at radius 1 is 0.784 bits per heavy atom. The summed E-state index contributed by atoms with van der Waals surface area (Å²) in [4.78, 5) is 0. The minimum Gasteiger partial charge on any atom is -0.494 e. The van der Waals surface area contributed by atoms with E-state index >= 15 is 0 Å². The van der Waals surface area contributed by atoms with E-state index in [2.05, 4.69) is 70.0 Å². The molecular formula is C29H35N5OS2. The molecule has 4 aromatic rings. The number of nitrogens with zero attached hydrogens (tertiary/aromatic N) is 1. The van der Waals surface area contributed by atoms with E-state index < -0.39 is 0 Å². The summed E-state index contributed by atoms with van der Waals surface area (Å²) in [5, 5.41) is 13.0. The number of rotatable bonds is 12. The number of para-hydroxylation sites is 1. The number of hydrogen-bond acceptors (Lipinski definition) is 3. The molecule has 0 aliphatic carbocycles. The number of aryl methyl sites for hydroxylation is 1. The van der Waals surface area contributed by atoms with E-state index in [1.165, 1.54) is 41.1 Å². The van der Waals surface area contributed by atoms with Crippen molar-refractivity contribution in [2.24, 2.45) is 12.8 Å². The van der Waals surface area contributed by atoms with Crippen LogP contribution in [-0.4, -0.2) is 27.9 Å². The molecule has 1 aromatic heterocycles. The van der Waals surface area contributed by atoms with Crippen molar-refractivity contribution in [3.05, 3.63) is 66.7 Å². The van der Waals surface area contributed by atoms with Crippen LogP contribution < -0.4 is 26.4 Å². The van der Waals surface area contributed by atoms with Crippen molar-refractivity contribution in [1.29, 1.82) is 0 Å². The van der Waals surface area contributed by atoms with Crippen molar-refractivity contribution < 1.29 is 4.74 Å². The van der Waals surface area contributed by atoms with Crippen molar-refractivity contribution >= 4 is 67.8 Å². The van der Waals surface area contributed by atoms with E-state index in [4.69, 9.17) is 34.9 Å². The molecule has 0 unspecified atom stereocenters. The van der Waals surface area contributed by atoms with Gasteiger partial charge in [-0.25, -0.2) is 0 Å². The summed E-state index contributed by atoms with van der Waals surface area (Å²) < 4.78 is 8.07. The van der Waals surface area contributed by atoms with Crippen LogP contribution in [0.15, 0.2) is 66.7 Å². The lowest BCUT2D eigenvalue weighted by Gasteiger charge is -2.11. The fraction of sp³-hybridized carbons (Fsp3) is 0.310. The molecule has 1 heterocycles. The summed E-state index contributed by atoms with van der Waals surface area (Å²) in [6.07, 6.45) is 6.91. The molecule has 0 bridgehead atoms. The van der Waals surface area contributed by atoms with E-state index in [0.717, 1.165) is 42.9 Å². The smallest absolute Gasteiger partial charge is 0.170 e. The van der Waals surface area contributed by atoms with Crippen molar-refractivity contribution in [1.82, 2.24) is 9.88 Å². The first-order chi connectivity index (χ1) is 18.0. The van der Waals surface area contributed by atoms with Gasteiger partial charge in [-0.1, -0.05) is 49.9 Å². The SMILES string of the molecule is Cn1c2ccccc2c2cc(NC(=S)NCCCCCCCCOc3cccc(NC(N)=S)c3)ccc21. The molecular weight excluding hydrogens is 498 g/mol. The van der Waals surface area contributed by atoms with Gasteiger partial charge in [-0.2, -0.15) is 0 Å². The molecule has 0 fully saturated rings. The highest BCUT2D eigenvalue weighted by atomic mass is 32.1. The quantitative estimate of drug-likeness (QED) is 0.119. The molecule has 6 nitrogen and oxygen atoms in total. The van der Waals surface area contributed by atoms with Crippen LogP contribution in [0, 0.1) is 0 Å². The first-order valence-electron chi connectivity index (χ1n) is 12.8. The van der Waals surface area contributed by atoms with E-state index in [1.54, 1.807) is 0 Å². The van der Waals surface area contributed by atoms with Gasteiger partial charge in [0.15, 0.2) is 10.2 Å². The Labute approximate surface area is 229 Å². The summed E-state index contributed by atoms with van der Waals surface area (Å²) in [6, 6.07) is 22.6. The maximum atomic E-state index is 5.84. The van der Waals surface area contributed by atoms with Crippen molar-refractivity contribution in [3.8, 4) is 5.75 Å². The Kier molecular flexibility index (Phi) is 9.57. The number of unbranched alkanes of at least 4 members (excludes halogenated alkanes) is 5. The van der Waals surface area contributed by atoms with E-state index in [0.29, 0.717) is 11.7 Å². The predicted octanol–water partition coefficient (Wildman–Crippen LogP) is 6.69. The zero-order valence-electron chi connectivity index (χ0n) is 21.3. The molecule has 3 aromatic carbocycles. The molecule has 4 rings (SSSR count). The molecule has 37 heavy (non-hydrogen) atoms. The van der Waals surface area contributed by atoms with Crippen molar-refractivity contribution in [2.75, 3.05) is 23.8 Å². The second-order valence-corrected chi connectivity index (χ2v) is 10.0. The Bertz CT molecular complexity index is 1370. The number of nitrogens with two attached hydrogens (primary N) is 1. The molecule has 0 saturated carbocycles. The second-order valence-electron chi connectivity index (χ2n) is 9.18. The van der Waals surface area contributed by atoms with Crippen LogP contribution in [0.3, 0.4) is 0 Å². The molecule has 194 valence electrons. The maximum Gasteiger partial charge on any atom is 0.170 e. The monoisotopic (exact) mass is 533 g/mol. The lowest BCUT2D eigenvalue weighted by Crippen LogP contribution is -2.29. The normalized spacial score (nSPS) is 10.9. The van der Waals surface area contributed by atoms with Gasteiger partial charge in [0, 0.05) is 52.8 Å². The third-order valence-corrected chi connectivity index (χ3v) is 6.75. The van der Waals surface area contributed by atoms with Gasteiger partial charge in [-0.15, -0.1) is 0 Å². The predicted molar refractivity (Wildman–Crippen MR) is 165 cm³/mol. The molecule has 0 aliphatic heterocycles. The van der Waals surface area contributed by atoms with E-state index in [9.17, 15) is 0 Å². The van der Waals surface area contributed by atoms with Crippen LogP contribution in [0.2, 0.25) is 0 Å². The third kappa shape index (κ3) is 7.57. The summed E-state index contributed by atoms with van der Waals surface area (Å²) >= 11 is 10.4. The van der Waals surface area contributed by atoms with Crippen LogP contribution in [0.25, 0.3) is 21.8 Å². The van der Waals surface area contributed by atoms with E-state index in [-0.39, 0.29) is 5.11 Å². The topological polar surface area (TPSA) is 76.3 Å². The van der Waals surface area contributed by atoms with Crippen LogP contribution in [-0.2, 0) is 7.05 Å². The third-order valence-electron chi connectivity index (χ3n) is 6.40. The standard InChI is InChI=1S/C29H35N5OS2/c1-34-26-14-7-6-13-24(26)25-20-22(15-16-27(25)34)33-29(37)31-17-8-4-2-3-5-9-18-35-23-12-10-11-21(19-23)32-28(30)36/h6-7,10-16,19-20H,2-5,8-9,17-18H2,1H3,(H3,30,32,36)(H2,31,33,37). The molecule has 5 N–H and O–H groups in total. The fourth-order valence-electron chi connectivity index (χ4n) is 4.55. The van der Waals surface area contributed by atoms with Crippen LogP contribution in [0.1, 0.15) is 38.5 Å². The van der Waals surface area contributed by atoms with Gasteiger partial charge in [0.05, 0.1) is 6.61 Å². The summed E-state index contributed by atoms with van der Waals surface area (Å²) in [5.41, 5.74) is 9.83. The second kappa shape index (κ2) is 13.3. The largest absolute Gasteiger partial charge is 0.494 e. The number of ether oxygens (including phenoxy) is 1. The fourth-order valence-corrected chi connectivity index (χ4v) is 4.89. The number of thiocarbonyl (C=S) groups is 2. The number of hydrogen-bond donors (Lipinski definition) is 4. The Morgan fingerprint density at radius 2 is 1.51 bits per heavy atom. The summed E-state index contributed by atoms with van der Waals surface area (Å²) in [6.45, 7) is 1.59. The van der Waals surface area contributed by atoms with Gasteiger partial charge in [0.25, 0.3) is 0 Å². The highest BCUT2D eigenvalue weighted by molar-refractivity contribution is 7.80. The molecule has 0 aliphatic rings. The zero-order chi connectivity index (χ0) is 26.0. The van der Waals surface area contributed by atoms with Gasteiger partial charge in [-0.3, -0.25) is 0 Å². The van der Waals surface area contributed by atoms with Crippen LogP contribution >= 0.6 is 24.4 Å². The lowest BCUT2D eigenvalue weighted by molar-refractivity contribution is 0.304. The number of nitrogens with one attached hydrogen (secondary N) is 3. The molecule has 0 atom stereocenters. The van der Waals surface area contributed by atoms with Gasteiger partial charge in [0.1, 0.15) is 5.75 Å². The lowest BCUT2D eigenvalue weighted by atomic mass is 10.1. The van der Waals surface area contributed by atoms with Crippen molar-refractivity contribution in [2.45, 2.75) is 38.5 Å². The summed E-state index contributed by atoms with van der Waals surface area (Å²) in [5.74, 6) is 0.828. The highest BCUT2D eigenvalue weighted by Gasteiger charge is 2.08. The number of benzene rings is 3. The summed E-state index contributed by atoms with van der Waals surface area (Å²) in [7, 11) is 2.11. The van der Waals surface area contributed by atoms with Gasteiger partial charge < -0.3 is 31.0 Å². The van der Waals surface area contributed by atoms with Gasteiger partial charge >= 0.3 is 0 Å². The van der Waals surface area contributed by atoms with E-state index in [1.807, 2.05) is 24.3 Å². The Balaban J connectivity index is 1.07. The molecule has 0 amide bonds. The minimum absolute atomic E-state index is 0.254. The van der Waals surface area contributed by atoms with Gasteiger partial charge in [0.2, 0.25) is 0 Å². The average Bonchev–Trinajstić information content (AvgIpc) is 3.16. The first kappa shape index (κ1) is 26.7. The molecule has 0 saturated heterocycles. The molecule has 0 radical (unpaired) electrons. The number of anilines is 2. The number of fused-ring (bicyclic) bond motifs is 3. The average molecular weight is 534 g/mol. The highest BCUT2D eigenvalue weighted by Crippen LogP contribution is 2.30. The van der Waals surface area contributed by atoms with Crippen molar-refractivity contribution in [3.63, 3.8) is 0 Å². The maximum absolute atomic E-state index is 5.84.